The maximum Gasteiger partial charge on any atom is 0.416 e. The fourth-order valence-electron chi connectivity index (χ4n) is 4.02. The van der Waals surface area contributed by atoms with Gasteiger partial charge in [-0.25, -0.2) is 0 Å². The molecule has 0 unspecified atom stereocenters. The number of benzene rings is 3. The molecule has 0 N–H and O–H groups in total. The number of hydrogen-bond acceptors (Lipinski definition) is 3. The van der Waals surface area contributed by atoms with E-state index in [9.17, 15) is 13.2 Å². The molecule has 4 rings (SSSR count). The lowest BCUT2D eigenvalue weighted by Crippen LogP contribution is -2.08. The van der Waals surface area contributed by atoms with Crippen LogP contribution in [-0.4, -0.2) is 24.0 Å². The topological polar surface area (TPSA) is 36.3 Å². The molecule has 3 aromatic carbocycles. The number of halogens is 3. The highest BCUT2D eigenvalue weighted by atomic mass is 19.4. The zero-order valence-corrected chi connectivity index (χ0v) is 19.2. The van der Waals surface area contributed by atoms with E-state index in [4.69, 9.17) is 14.6 Å². The lowest BCUT2D eigenvalue weighted by molar-refractivity contribution is -0.137. The van der Waals surface area contributed by atoms with Gasteiger partial charge in [0.15, 0.2) is 0 Å². The molecule has 0 bridgehead atoms. The van der Waals surface area contributed by atoms with Crippen molar-refractivity contribution in [2.45, 2.75) is 26.1 Å². The van der Waals surface area contributed by atoms with Crippen LogP contribution in [0.1, 0.15) is 23.6 Å². The van der Waals surface area contributed by atoms with Crippen LogP contribution in [0.15, 0.2) is 72.8 Å². The van der Waals surface area contributed by atoms with Crippen molar-refractivity contribution in [2.24, 2.45) is 0 Å². The summed E-state index contributed by atoms with van der Waals surface area (Å²) in [5.41, 5.74) is 4.36. The summed E-state index contributed by atoms with van der Waals surface area (Å²) in [6.07, 6.45) is -3.70. The number of ether oxygens (including phenoxy) is 2. The molecule has 0 saturated heterocycles. The van der Waals surface area contributed by atoms with Gasteiger partial charge in [0.2, 0.25) is 0 Å². The van der Waals surface area contributed by atoms with Gasteiger partial charge in [0.1, 0.15) is 11.5 Å². The molecule has 0 amide bonds. The van der Waals surface area contributed by atoms with E-state index >= 15 is 0 Å². The molecule has 0 spiro atoms. The maximum absolute atomic E-state index is 13.3. The van der Waals surface area contributed by atoms with Gasteiger partial charge in [-0.1, -0.05) is 19.1 Å². The summed E-state index contributed by atoms with van der Waals surface area (Å²) in [4.78, 5) is 0. The Balaban J connectivity index is 1.85. The standard InChI is InChI=1S/C27H25F3N2O2/c1-4-24-25(19-8-12-22(33-2)13-9-19)31-32(26(24)20-10-14-23(34-3)15-11-20)17-18-6-5-7-21(16-18)27(28,29)30/h5-16H,4,17H2,1-3H3. The molecule has 34 heavy (non-hydrogen) atoms. The van der Waals surface area contributed by atoms with Gasteiger partial charge in [-0.15, -0.1) is 0 Å². The van der Waals surface area contributed by atoms with Gasteiger partial charge in [0.05, 0.1) is 37.7 Å². The minimum Gasteiger partial charge on any atom is -0.497 e. The normalized spacial score (nSPS) is 11.5. The Labute approximate surface area is 196 Å². The predicted octanol–water partition coefficient (Wildman–Crippen LogP) is 6.86. The van der Waals surface area contributed by atoms with Gasteiger partial charge in [-0.05, 0) is 72.6 Å². The molecular weight excluding hydrogens is 441 g/mol. The average Bonchev–Trinajstić information content (AvgIpc) is 3.21. The summed E-state index contributed by atoms with van der Waals surface area (Å²) >= 11 is 0. The third kappa shape index (κ3) is 4.78. The minimum absolute atomic E-state index is 0.203. The van der Waals surface area contributed by atoms with E-state index in [1.54, 1.807) is 25.0 Å². The van der Waals surface area contributed by atoms with Gasteiger partial charge in [-0.2, -0.15) is 18.3 Å². The van der Waals surface area contributed by atoms with E-state index < -0.39 is 11.7 Å². The predicted molar refractivity (Wildman–Crippen MR) is 126 cm³/mol. The van der Waals surface area contributed by atoms with Gasteiger partial charge in [0.25, 0.3) is 0 Å². The first-order valence-corrected chi connectivity index (χ1v) is 10.9. The quantitative estimate of drug-likeness (QED) is 0.298. The van der Waals surface area contributed by atoms with Crippen LogP contribution in [0.5, 0.6) is 11.5 Å². The SMILES string of the molecule is CCc1c(-c2ccc(OC)cc2)nn(Cc2cccc(C(F)(F)F)c2)c1-c1ccc(OC)cc1. The van der Waals surface area contributed by atoms with E-state index in [1.807, 2.05) is 55.5 Å². The molecule has 4 nitrogen and oxygen atoms in total. The lowest BCUT2D eigenvalue weighted by Gasteiger charge is -2.12. The zero-order chi connectivity index (χ0) is 24.3. The van der Waals surface area contributed by atoms with Crippen LogP contribution in [0.2, 0.25) is 0 Å². The first-order chi connectivity index (χ1) is 16.3. The van der Waals surface area contributed by atoms with Crippen LogP contribution in [0.25, 0.3) is 22.5 Å². The van der Waals surface area contributed by atoms with Crippen LogP contribution in [0.3, 0.4) is 0 Å². The number of alkyl halides is 3. The molecule has 0 atom stereocenters. The number of rotatable bonds is 7. The fourth-order valence-corrected chi connectivity index (χ4v) is 4.02. The molecule has 0 fully saturated rings. The monoisotopic (exact) mass is 466 g/mol. The molecule has 1 heterocycles. The van der Waals surface area contributed by atoms with Gasteiger partial charge < -0.3 is 9.47 Å². The molecule has 0 aliphatic heterocycles. The highest BCUT2D eigenvalue weighted by Crippen LogP contribution is 2.35. The Bertz CT molecular complexity index is 1260. The zero-order valence-electron chi connectivity index (χ0n) is 19.2. The Morgan fingerprint density at radius 2 is 1.41 bits per heavy atom. The molecule has 0 saturated carbocycles. The summed E-state index contributed by atoms with van der Waals surface area (Å²) < 4.78 is 52.2. The minimum atomic E-state index is -4.40. The van der Waals surface area contributed by atoms with Crippen LogP contribution < -0.4 is 9.47 Å². The van der Waals surface area contributed by atoms with Crippen molar-refractivity contribution >= 4 is 0 Å². The molecule has 0 aliphatic carbocycles. The first kappa shape index (κ1) is 23.4. The highest BCUT2D eigenvalue weighted by molar-refractivity contribution is 5.75. The Hall–Kier alpha value is -3.74. The highest BCUT2D eigenvalue weighted by Gasteiger charge is 2.30. The van der Waals surface area contributed by atoms with Crippen molar-refractivity contribution in [1.29, 1.82) is 0 Å². The third-order valence-electron chi connectivity index (χ3n) is 5.72. The van der Waals surface area contributed by atoms with Crippen LogP contribution >= 0.6 is 0 Å². The van der Waals surface area contributed by atoms with Crippen molar-refractivity contribution in [1.82, 2.24) is 9.78 Å². The van der Waals surface area contributed by atoms with E-state index in [1.165, 1.54) is 12.1 Å². The van der Waals surface area contributed by atoms with E-state index in [2.05, 4.69) is 0 Å². The molecule has 4 aromatic rings. The molecule has 1 aromatic heterocycles. The fraction of sp³-hybridized carbons (Fsp3) is 0.222. The van der Waals surface area contributed by atoms with Gasteiger partial charge in [-0.3, -0.25) is 4.68 Å². The first-order valence-electron chi connectivity index (χ1n) is 10.9. The van der Waals surface area contributed by atoms with Crippen LogP contribution in [0, 0.1) is 0 Å². The number of hydrogen-bond donors (Lipinski definition) is 0. The third-order valence-corrected chi connectivity index (χ3v) is 5.72. The Morgan fingerprint density at radius 3 is 1.94 bits per heavy atom. The molecule has 0 radical (unpaired) electrons. The Kier molecular flexibility index (Phi) is 6.63. The second-order valence-corrected chi connectivity index (χ2v) is 7.84. The summed E-state index contributed by atoms with van der Waals surface area (Å²) in [5.74, 6) is 1.46. The van der Waals surface area contributed by atoms with Crippen molar-refractivity contribution in [3.8, 4) is 34.0 Å². The Morgan fingerprint density at radius 1 is 0.824 bits per heavy atom. The van der Waals surface area contributed by atoms with E-state index in [0.29, 0.717) is 12.0 Å². The van der Waals surface area contributed by atoms with E-state index in [0.717, 1.165) is 45.6 Å². The number of aromatic nitrogens is 2. The number of methoxy groups -OCH3 is 2. The number of nitrogens with zero attached hydrogens (tertiary/aromatic N) is 2. The van der Waals surface area contributed by atoms with Crippen molar-refractivity contribution < 1.29 is 22.6 Å². The summed E-state index contributed by atoms with van der Waals surface area (Å²) in [6.45, 7) is 2.25. The molecular formula is C27H25F3N2O2. The largest absolute Gasteiger partial charge is 0.497 e. The van der Waals surface area contributed by atoms with E-state index in [-0.39, 0.29) is 6.54 Å². The molecule has 176 valence electrons. The second kappa shape index (κ2) is 9.63. The van der Waals surface area contributed by atoms with Crippen molar-refractivity contribution in [3.63, 3.8) is 0 Å². The summed E-state index contributed by atoms with van der Waals surface area (Å²) in [6, 6.07) is 20.6. The molecule has 0 aliphatic rings. The van der Waals surface area contributed by atoms with Crippen LogP contribution in [-0.2, 0) is 19.1 Å². The molecule has 7 heteroatoms. The van der Waals surface area contributed by atoms with Crippen molar-refractivity contribution in [3.05, 3.63) is 89.5 Å². The smallest absolute Gasteiger partial charge is 0.416 e. The van der Waals surface area contributed by atoms with Gasteiger partial charge in [0, 0.05) is 16.7 Å². The van der Waals surface area contributed by atoms with Crippen molar-refractivity contribution in [2.75, 3.05) is 14.2 Å². The van der Waals surface area contributed by atoms with Crippen LogP contribution in [0.4, 0.5) is 13.2 Å². The van der Waals surface area contributed by atoms with Gasteiger partial charge >= 0.3 is 6.18 Å². The summed E-state index contributed by atoms with van der Waals surface area (Å²) in [7, 11) is 3.21. The lowest BCUT2D eigenvalue weighted by atomic mass is 9.99. The maximum atomic E-state index is 13.3. The second-order valence-electron chi connectivity index (χ2n) is 7.84. The summed E-state index contributed by atoms with van der Waals surface area (Å²) in [5, 5.41) is 4.88. The average molecular weight is 467 g/mol.